The number of morpholine rings is 1. The molecule has 33 heavy (non-hydrogen) atoms. The minimum atomic E-state index is -3.73. The molecule has 3 aromatic rings. The Morgan fingerprint density at radius 1 is 1.24 bits per heavy atom. The summed E-state index contributed by atoms with van der Waals surface area (Å²) in [6.45, 7) is 4.11. The van der Waals surface area contributed by atoms with Crippen molar-refractivity contribution >= 4 is 27.3 Å². The highest BCUT2D eigenvalue weighted by molar-refractivity contribution is 7.89. The van der Waals surface area contributed by atoms with Gasteiger partial charge in [0.05, 0.1) is 31.7 Å². The number of nitrogens with zero attached hydrogens (tertiary/aromatic N) is 3. The molecule has 1 aromatic carbocycles. The molecule has 2 aromatic heterocycles. The molecular weight excluding hydrogens is 464 g/mol. The third-order valence-electron chi connectivity index (χ3n) is 5.42. The van der Waals surface area contributed by atoms with Crippen molar-refractivity contribution in [2.75, 3.05) is 33.4 Å². The molecule has 176 valence electrons. The fraction of sp³-hybridized carbons (Fsp3) is 0.364. The summed E-state index contributed by atoms with van der Waals surface area (Å²) in [4.78, 5) is 19.9. The van der Waals surface area contributed by atoms with Crippen molar-refractivity contribution in [3.63, 3.8) is 0 Å². The topological polar surface area (TPSA) is 103 Å². The van der Waals surface area contributed by atoms with Crippen molar-refractivity contribution < 1.29 is 22.7 Å². The molecule has 0 radical (unpaired) electrons. The van der Waals surface area contributed by atoms with Crippen molar-refractivity contribution in [3.05, 3.63) is 52.7 Å². The number of nitrogens with one attached hydrogen (secondary N) is 1. The predicted octanol–water partition coefficient (Wildman–Crippen LogP) is 2.42. The molecule has 9 nitrogen and oxygen atoms in total. The predicted molar refractivity (Wildman–Crippen MR) is 125 cm³/mol. The summed E-state index contributed by atoms with van der Waals surface area (Å²) in [6, 6.07) is 8.76. The fourth-order valence-electron chi connectivity index (χ4n) is 3.51. The van der Waals surface area contributed by atoms with Crippen molar-refractivity contribution in [2.45, 2.75) is 18.4 Å². The maximum atomic E-state index is 12.9. The van der Waals surface area contributed by atoms with Gasteiger partial charge < -0.3 is 18.9 Å². The van der Waals surface area contributed by atoms with Gasteiger partial charge in [0.2, 0.25) is 10.0 Å². The van der Waals surface area contributed by atoms with E-state index >= 15 is 0 Å². The monoisotopic (exact) mass is 490 g/mol. The second-order valence-corrected chi connectivity index (χ2v) is 10.4. The van der Waals surface area contributed by atoms with Crippen molar-refractivity contribution in [1.29, 1.82) is 0 Å². The smallest absolute Gasteiger partial charge is 0.266 e. The molecule has 0 unspecified atom stereocenters. The number of hydrogen-bond acceptors (Lipinski definition) is 7. The first-order valence-electron chi connectivity index (χ1n) is 10.4. The van der Waals surface area contributed by atoms with Crippen molar-refractivity contribution in [1.82, 2.24) is 19.2 Å². The van der Waals surface area contributed by atoms with Gasteiger partial charge in [0.1, 0.15) is 20.5 Å². The van der Waals surface area contributed by atoms with E-state index in [9.17, 15) is 13.2 Å². The highest BCUT2D eigenvalue weighted by Crippen LogP contribution is 2.31. The molecule has 0 saturated carbocycles. The highest BCUT2D eigenvalue weighted by atomic mass is 32.2. The number of ether oxygens (including phenoxy) is 2. The maximum Gasteiger partial charge on any atom is 0.266 e. The number of rotatable bonds is 7. The van der Waals surface area contributed by atoms with Crippen LogP contribution in [0.4, 0.5) is 0 Å². The number of amides is 1. The lowest BCUT2D eigenvalue weighted by Gasteiger charge is -2.26. The molecule has 3 heterocycles. The maximum absolute atomic E-state index is 12.9. The molecule has 1 fully saturated rings. The van der Waals surface area contributed by atoms with Crippen LogP contribution in [0.1, 0.15) is 20.9 Å². The molecule has 1 aliphatic heterocycles. The lowest BCUT2D eigenvalue weighted by Crippen LogP contribution is -2.40. The summed E-state index contributed by atoms with van der Waals surface area (Å²) in [6.07, 6.45) is 1.55. The SMILES string of the molecule is COc1ccc(CNS(=O)(=O)c2cc(-c3nc(C)c(C(=O)N4CCOCC4)s3)n(C)c2)cc1. The summed E-state index contributed by atoms with van der Waals surface area (Å²) in [5, 5.41) is 0.600. The Hall–Kier alpha value is -2.73. The Morgan fingerprint density at radius 2 is 1.94 bits per heavy atom. The first-order valence-corrected chi connectivity index (χ1v) is 12.7. The summed E-state index contributed by atoms with van der Waals surface area (Å²) in [5.74, 6) is 0.641. The van der Waals surface area contributed by atoms with Gasteiger partial charge in [-0.25, -0.2) is 18.1 Å². The molecule has 1 aliphatic rings. The van der Waals surface area contributed by atoms with E-state index in [1.54, 1.807) is 54.9 Å². The van der Waals surface area contributed by atoms with Gasteiger partial charge >= 0.3 is 0 Å². The van der Waals surface area contributed by atoms with E-state index in [0.29, 0.717) is 53.3 Å². The van der Waals surface area contributed by atoms with Crippen molar-refractivity contribution in [2.24, 2.45) is 7.05 Å². The molecule has 0 atom stereocenters. The molecule has 11 heteroatoms. The van der Waals surface area contributed by atoms with E-state index in [1.165, 1.54) is 11.3 Å². The number of aromatic nitrogens is 2. The van der Waals surface area contributed by atoms with Gasteiger partial charge in [-0.2, -0.15) is 0 Å². The van der Waals surface area contributed by atoms with E-state index in [-0.39, 0.29) is 17.3 Å². The van der Waals surface area contributed by atoms with Crippen LogP contribution < -0.4 is 9.46 Å². The molecule has 1 amide bonds. The van der Waals surface area contributed by atoms with Crippen LogP contribution in [-0.4, -0.2) is 62.2 Å². The van der Waals surface area contributed by atoms with Crippen molar-refractivity contribution in [3.8, 4) is 16.5 Å². The number of methoxy groups -OCH3 is 1. The Bertz CT molecular complexity index is 1240. The van der Waals surface area contributed by atoms with Gasteiger partial charge in [-0.3, -0.25) is 4.79 Å². The number of thiazole rings is 1. The summed E-state index contributed by atoms with van der Waals surface area (Å²) in [5.41, 5.74) is 2.08. The number of carbonyl (C=O) groups is 1. The number of aryl methyl sites for hydroxylation is 2. The van der Waals surface area contributed by atoms with Gasteiger partial charge in [-0.15, -0.1) is 11.3 Å². The summed E-state index contributed by atoms with van der Waals surface area (Å²) in [7, 11) is -0.393. The number of carbonyl (C=O) groups excluding carboxylic acids is 1. The third-order valence-corrected chi connectivity index (χ3v) is 7.96. The van der Waals surface area contributed by atoms with Gasteiger partial charge in [0.25, 0.3) is 5.91 Å². The Kier molecular flexibility index (Phi) is 6.84. The first-order chi connectivity index (χ1) is 15.8. The Labute approximate surface area is 197 Å². The van der Waals surface area contributed by atoms with Crippen LogP contribution in [0, 0.1) is 6.92 Å². The van der Waals surface area contributed by atoms with Crippen LogP contribution in [0.25, 0.3) is 10.7 Å². The van der Waals surface area contributed by atoms with E-state index in [1.807, 2.05) is 12.1 Å². The minimum absolute atomic E-state index is 0.0669. The average molecular weight is 491 g/mol. The van der Waals surface area contributed by atoms with Crippen LogP contribution in [0.3, 0.4) is 0 Å². The summed E-state index contributed by atoms with van der Waals surface area (Å²) < 4.78 is 40.5. The molecule has 4 rings (SSSR count). The zero-order valence-corrected chi connectivity index (χ0v) is 20.3. The fourth-order valence-corrected chi connectivity index (χ4v) is 5.69. The second kappa shape index (κ2) is 9.64. The Balaban J connectivity index is 1.52. The van der Waals surface area contributed by atoms with Crippen LogP contribution >= 0.6 is 11.3 Å². The Morgan fingerprint density at radius 3 is 2.61 bits per heavy atom. The highest BCUT2D eigenvalue weighted by Gasteiger charge is 2.25. The number of benzene rings is 1. The normalized spacial score (nSPS) is 14.5. The van der Waals surface area contributed by atoms with E-state index in [4.69, 9.17) is 9.47 Å². The van der Waals surface area contributed by atoms with Gasteiger partial charge in [-0.1, -0.05) is 12.1 Å². The largest absolute Gasteiger partial charge is 0.497 e. The number of sulfonamides is 1. The molecule has 1 N–H and O–H groups in total. The third kappa shape index (κ3) is 5.11. The molecule has 0 aliphatic carbocycles. The first kappa shape index (κ1) is 23.4. The lowest BCUT2D eigenvalue weighted by atomic mass is 10.2. The van der Waals surface area contributed by atoms with Crippen LogP contribution in [0.15, 0.2) is 41.4 Å². The van der Waals surface area contributed by atoms with E-state index in [2.05, 4.69) is 9.71 Å². The second-order valence-electron chi connectivity index (χ2n) is 7.68. The zero-order valence-electron chi connectivity index (χ0n) is 18.7. The lowest BCUT2D eigenvalue weighted by molar-refractivity contribution is 0.0305. The van der Waals surface area contributed by atoms with Gasteiger partial charge in [0.15, 0.2) is 0 Å². The molecule has 0 spiro atoms. The van der Waals surface area contributed by atoms with Crippen LogP contribution in [0.5, 0.6) is 5.75 Å². The van der Waals surface area contributed by atoms with Crippen LogP contribution in [0.2, 0.25) is 0 Å². The summed E-state index contributed by atoms with van der Waals surface area (Å²) >= 11 is 1.28. The number of hydrogen-bond donors (Lipinski definition) is 1. The van der Waals surface area contributed by atoms with E-state index in [0.717, 1.165) is 5.56 Å². The quantitative estimate of drug-likeness (QED) is 0.546. The zero-order chi connectivity index (χ0) is 23.6. The van der Waals surface area contributed by atoms with Crippen LogP contribution in [-0.2, 0) is 28.4 Å². The minimum Gasteiger partial charge on any atom is -0.497 e. The standard InChI is InChI=1S/C22H26N4O5S2/c1-15-20(22(27)26-8-10-31-11-9-26)32-21(24-15)19-12-18(14-25(19)2)33(28,29)23-13-16-4-6-17(30-3)7-5-16/h4-7,12,14,23H,8-11,13H2,1-3H3. The average Bonchev–Trinajstić information content (AvgIpc) is 3.41. The van der Waals surface area contributed by atoms with E-state index < -0.39 is 10.0 Å². The molecular formula is C22H26N4O5S2. The van der Waals surface area contributed by atoms with Gasteiger partial charge in [0, 0.05) is 32.9 Å². The molecule has 1 saturated heterocycles. The molecule has 0 bridgehead atoms. The van der Waals surface area contributed by atoms with Gasteiger partial charge in [-0.05, 0) is 30.7 Å².